The lowest BCUT2D eigenvalue weighted by molar-refractivity contribution is 0.299. The molecule has 118 valence electrons. The van der Waals surface area contributed by atoms with E-state index in [1.165, 1.54) is 0 Å². The molecule has 2 aromatic carbocycles. The predicted octanol–water partition coefficient (Wildman–Crippen LogP) is 3.41. The molecule has 0 aromatic heterocycles. The highest BCUT2D eigenvalue weighted by atomic mass is 16.5. The molecular formula is C18H23NO3. The zero-order valence-corrected chi connectivity index (χ0v) is 13.3. The average Bonchev–Trinajstić information content (AvgIpc) is 2.56. The van der Waals surface area contributed by atoms with Crippen LogP contribution in [0, 0.1) is 0 Å². The second-order valence-corrected chi connectivity index (χ2v) is 5.14. The van der Waals surface area contributed by atoms with Crippen molar-refractivity contribution in [3.05, 3.63) is 53.6 Å². The van der Waals surface area contributed by atoms with Crippen molar-refractivity contribution in [3.8, 4) is 11.5 Å². The molecule has 0 aliphatic rings. The quantitative estimate of drug-likeness (QED) is 0.823. The van der Waals surface area contributed by atoms with E-state index in [0.717, 1.165) is 28.3 Å². The maximum atomic E-state index is 8.95. The van der Waals surface area contributed by atoms with Crippen LogP contribution in [0.1, 0.15) is 24.1 Å². The second-order valence-electron chi connectivity index (χ2n) is 5.14. The molecule has 0 saturated heterocycles. The number of aliphatic hydroxyl groups is 1. The summed E-state index contributed by atoms with van der Waals surface area (Å²) in [4.78, 5) is 0. The fourth-order valence-electron chi connectivity index (χ4n) is 2.40. The maximum Gasteiger partial charge on any atom is 0.124 e. The van der Waals surface area contributed by atoms with Crippen LogP contribution in [0.15, 0.2) is 42.5 Å². The largest absolute Gasteiger partial charge is 0.497 e. The van der Waals surface area contributed by atoms with Crippen LogP contribution in [0.25, 0.3) is 0 Å². The lowest BCUT2D eigenvalue weighted by Crippen LogP contribution is -2.08. The number of anilines is 1. The van der Waals surface area contributed by atoms with Crippen LogP contribution in [0.5, 0.6) is 11.5 Å². The van der Waals surface area contributed by atoms with Crippen molar-refractivity contribution in [1.29, 1.82) is 0 Å². The first kappa shape index (κ1) is 16.2. The van der Waals surface area contributed by atoms with Gasteiger partial charge in [0.1, 0.15) is 11.5 Å². The molecule has 2 rings (SSSR count). The molecule has 4 nitrogen and oxygen atoms in total. The van der Waals surface area contributed by atoms with Gasteiger partial charge in [0.15, 0.2) is 0 Å². The normalized spacial score (nSPS) is 11.8. The molecule has 0 radical (unpaired) electrons. The van der Waals surface area contributed by atoms with Gasteiger partial charge in [-0.3, -0.25) is 0 Å². The molecule has 0 aliphatic heterocycles. The Morgan fingerprint density at radius 3 is 2.36 bits per heavy atom. The third-order valence-corrected chi connectivity index (χ3v) is 3.64. The van der Waals surface area contributed by atoms with Gasteiger partial charge >= 0.3 is 0 Å². The van der Waals surface area contributed by atoms with Gasteiger partial charge in [-0.25, -0.2) is 0 Å². The van der Waals surface area contributed by atoms with Gasteiger partial charge in [0, 0.05) is 17.9 Å². The van der Waals surface area contributed by atoms with E-state index < -0.39 is 0 Å². The van der Waals surface area contributed by atoms with Crippen LogP contribution in [0.3, 0.4) is 0 Å². The van der Waals surface area contributed by atoms with Gasteiger partial charge in [-0.2, -0.15) is 0 Å². The number of ether oxygens (including phenoxy) is 2. The Labute approximate surface area is 131 Å². The monoisotopic (exact) mass is 301 g/mol. The van der Waals surface area contributed by atoms with Crippen molar-refractivity contribution < 1.29 is 14.6 Å². The Balaban J connectivity index is 2.15. The summed E-state index contributed by atoms with van der Waals surface area (Å²) < 4.78 is 10.7. The summed E-state index contributed by atoms with van der Waals surface area (Å²) in [6.07, 6.45) is 0.680. The number of hydrogen-bond donors (Lipinski definition) is 2. The van der Waals surface area contributed by atoms with Gasteiger partial charge in [0.05, 0.1) is 20.3 Å². The maximum absolute atomic E-state index is 8.95. The molecule has 22 heavy (non-hydrogen) atoms. The summed E-state index contributed by atoms with van der Waals surface area (Å²) in [5, 5.41) is 12.4. The number of hydrogen-bond acceptors (Lipinski definition) is 4. The highest BCUT2D eigenvalue weighted by Crippen LogP contribution is 2.31. The molecule has 0 aliphatic carbocycles. The minimum atomic E-state index is 0.0775. The fraction of sp³-hybridized carbons (Fsp3) is 0.333. The molecule has 1 unspecified atom stereocenters. The zero-order chi connectivity index (χ0) is 15.9. The molecule has 0 bridgehead atoms. The van der Waals surface area contributed by atoms with E-state index in [1.807, 2.05) is 42.5 Å². The molecule has 2 N–H and O–H groups in total. The number of methoxy groups -OCH3 is 2. The van der Waals surface area contributed by atoms with Crippen molar-refractivity contribution in [2.24, 2.45) is 0 Å². The predicted molar refractivity (Wildman–Crippen MR) is 88.8 cm³/mol. The van der Waals surface area contributed by atoms with E-state index in [9.17, 15) is 0 Å². The van der Waals surface area contributed by atoms with E-state index >= 15 is 0 Å². The lowest BCUT2D eigenvalue weighted by atomic mass is 10.1. The molecule has 0 saturated carbocycles. The fourth-order valence-corrected chi connectivity index (χ4v) is 2.40. The number of rotatable bonds is 7. The first-order valence-corrected chi connectivity index (χ1v) is 7.36. The van der Waals surface area contributed by atoms with E-state index in [0.29, 0.717) is 6.42 Å². The highest BCUT2D eigenvalue weighted by molar-refractivity contribution is 5.50. The summed E-state index contributed by atoms with van der Waals surface area (Å²) in [6.45, 7) is 2.25. The summed E-state index contributed by atoms with van der Waals surface area (Å²) in [5.74, 6) is 1.64. The van der Waals surface area contributed by atoms with E-state index in [2.05, 4.69) is 12.2 Å². The Morgan fingerprint density at radius 1 is 1.05 bits per heavy atom. The van der Waals surface area contributed by atoms with Crippen molar-refractivity contribution >= 4 is 5.69 Å². The van der Waals surface area contributed by atoms with Crippen LogP contribution in [0.2, 0.25) is 0 Å². The Kier molecular flexibility index (Phi) is 5.67. The lowest BCUT2D eigenvalue weighted by Gasteiger charge is -2.19. The summed E-state index contributed by atoms with van der Waals surface area (Å²) >= 11 is 0. The van der Waals surface area contributed by atoms with Gasteiger partial charge in [-0.15, -0.1) is 0 Å². The Morgan fingerprint density at radius 2 is 1.77 bits per heavy atom. The molecule has 2 aromatic rings. The molecule has 4 heteroatoms. The van der Waals surface area contributed by atoms with Gasteiger partial charge < -0.3 is 19.9 Å². The standard InChI is InChI=1S/C18H23NO3/c1-13(17-12-16(21-2)8-9-18(17)22-3)19-15-6-4-14(5-7-15)10-11-20/h4-9,12-13,19-20H,10-11H2,1-3H3. The van der Waals surface area contributed by atoms with E-state index in [-0.39, 0.29) is 12.6 Å². The number of nitrogens with one attached hydrogen (secondary N) is 1. The smallest absolute Gasteiger partial charge is 0.124 e. The van der Waals surface area contributed by atoms with Gasteiger partial charge in [0.2, 0.25) is 0 Å². The number of aliphatic hydroxyl groups excluding tert-OH is 1. The topological polar surface area (TPSA) is 50.7 Å². The minimum Gasteiger partial charge on any atom is -0.497 e. The molecule has 0 spiro atoms. The molecular weight excluding hydrogens is 278 g/mol. The van der Waals surface area contributed by atoms with E-state index in [1.54, 1.807) is 14.2 Å². The van der Waals surface area contributed by atoms with Crippen LogP contribution in [-0.2, 0) is 6.42 Å². The SMILES string of the molecule is COc1ccc(OC)c(C(C)Nc2ccc(CCO)cc2)c1. The van der Waals surface area contributed by atoms with Crippen molar-refractivity contribution in [2.75, 3.05) is 26.1 Å². The third kappa shape index (κ3) is 3.92. The molecule has 0 fully saturated rings. The first-order valence-electron chi connectivity index (χ1n) is 7.36. The second kappa shape index (κ2) is 7.71. The minimum absolute atomic E-state index is 0.0775. The van der Waals surface area contributed by atoms with Crippen LogP contribution < -0.4 is 14.8 Å². The van der Waals surface area contributed by atoms with Crippen LogP contribution in [0.4, 0.5) is 5.69 Å². The van der Waals surface area contributed by atoms with Gasteiger partial charge in [-0.05, 0) is 49.2 Å². The summed E-state index contributed by atoms with van der Waals surface area (Å²) in [6, 6.07) is 13.9. The van der Waals surface area contributed by atoms with Gasteiger partial charge in [0.25, 0.3) is 0 Å². The third-order valence-electron chi connectivity index (χ3n) is 3.64. The zero-order valence-electron chi connectivity index (χ0n) is 13.3. The van der Waals surface area contributed by atoms with Crippen molar-refractivity contribution in [3.63, 3.8) is 0 Å². The van der Waals surface area contributed by atoms with Gasteiger partial charge in [-0.1, -0.05) is 12.1 Å². The van der Waals surface area contributed by atoms with Crippen LogP contribution in [-0.4, -0.2) is 25.9 Å². The molecule has 0 amide bonds. The summed E-state index contributed by atoms with van der Waals surface area (Å²) in [5.41, 5.74) is 3.19. The van der Waals surface area contributed by atoms with Crippen LogP contribution >= 0.6 is 0 Å². The molecule has 0 heterocycles. The first-order chi connectivity index (χ1) is 10.7. The number of benzene rings is 2. The van der Waals surface area contributed by atoms with E-state index in [4.69, 9.17) is 14.6 Å². The highest BCUT2D eigenvalue weighted by Gasteiger charge is 2.12. The average molecular weight is 301 g/mol. The molecule has 1 atom stereocenters. The Hall–Kier alpha value is -2.20. The van der Waals surface area contributed by atoms with Crippen molar-refractivity contribution in [1.82, 2.24) is 0 Å². The summed E-state index contributed by atoms with van der Waals surface area (Å²) in [7, 11) is 3.32. The van der Waals surface area contributed by atoms with Crippen molar-refractivity contribution in [2.45, 2.75) is 19.4 Å². The Bertz CT molecular complexity index is 596.